The molecular weight excluding hydrogens is 358 g/mol. The van der Waals surface area contributed by atoms with Crippen LogP contribution < -0.4 is 0 Å². The van der Waals surface area contributed by atoms with Gasteiger partial charge >= 0.3 is 0 Å². The van der Waals surface area contributed by atoms with E-state index in [-0.39, 0.29) is 31.2 Å². The molecule has 2 saturated heterocycles. The monoisotopic (exact) mass is 379 g/mol. The number of allylic oxidation sites excluding steroid dienone is 2. The Morgan fingerprint density at radius 3 is 2.93 bits per heavy atom. The van der Waals surface area contributed by atoms with Gasteiger partial charge in [-0.15, -0.1) is 0 Å². The van der Waals surface area contributed by atoms with Crippen LogP contribution in [0.4, 0.5) is 0 Å². The predicted octanol–water partition coefficient (Wildman–Crippen LogP) is 1.88. The van der Waals surface area contributed by atoms with Crippen LogP contribution >= 0.6 is 0 Å². The number of benzene rings is 1. The third-order valence-electron chi connectivity index (χ3n) is 5.64. The molecule has 1 aromatic carbocycles. The van der Waals surface area contributed by atoms with Gasteiger partial charge in [0.1, 0.15) is 18.4 Å². The zero-order chi connectivity index (χ0) is 19.3. The van der Waals surface area contributed by atoms with E-state index in [1.54, 1.807) is 11.9 Å². The van der Waals surface area contributed by atoms with Crippen molar-refractivity contribution in [2.24, 2.45) is 0 Å². The van der Waals surface area contributed by atoms with Gasteiger partial charge in [0.25, 0.3) is 0 Å². The fourth-order valence-corrected chi connectivity index (χ4v) is 4.32. The lowest BCUT2D eigenvalue weighted by Crippen LogP contribution is -2.61. The van der Waals surface area contributed by atoms with Gasteiger partial charge in [0.15, 0.2) is 6.79 Å². The number of nitrogens with one attached hydrogen (secondary N) is 1. The summed E-state index contributed by atoms with van der Waals surface area (Å²) in [5.74, 6) is 0.695. The second kappa shape index (κ2) is 6.53. The summed E-state index contributed by atoms with van der Waals surface area (Å²) in [6, 6.07) is 7.25. The summed E-state index contributed by atoms with van der Waals surface area (Å²) in [4.78, 5) is 32.4. The summed E-state index contributed by atoms with van der Waals surface area (Å²) >= 11 is 0. The second-order valence-electron chi connectivity index (χ2n) is 7.35. The van der Waals surface area contributed by atoms with Crippen LogP contribution in [0, 0.1) is 0 Å². The van der Waals surface area contributed by atoms with E-state index >= 15 is 0 Å². The molecule has 0 bridgehead atoms. The molecule has 2 fully saturated rings. The first kappa shape index (κ1) is 17.1. The molecule has 28 heavy (non-hydrogen) atoms. The van der Waals surface area contributed by atoms with Gasteiger partial charge in [-0.25, -0.2) is 0 Å². The highest BCUT2D eigenvalue weighted by molar-refractivity contribution is 5.97. The number of para-hydroxylation sites is 1. The number of rotatable bonds is 2. The van der Waals surface area contributed by atoms with Crippen LogP contribution in [-0.4, -0.2) is 59.6 Å². The van der Waals surface area contributed by atoms with E-state index in [2.05, 4.69) is 11.1 Å². The number of likely N-dealkylation sites (N-methyl/N-ethyl adjacent to an activating group) is 1. The standard InChI is InChI=1S/C21H21N3O4/c1-23-10-19(25)24-17(8-4-5-13-11-27-12-28-13)20-15(9-18(24)21(23)26)14-6-2-3-7-16(14)22-20/h2-8,17-18,22H,9-12H2,1H3. The number of hydrogen-bond donors (Lipinski definition) is 1. The molecule has 7 heteroatoms. The number of carbonyl (C=O) groups is 2. The van der Waals surface area contributed by atoms with Gasteiger partial charge in [0.2, 0.25) is 11.8 Å². The molecule has 144 valence electrons. The minimum atomic E-state index is -0.480. The van der Waals surface area contributed by atoms with Crippen LogP contribution in [0.25, 0.3) is 10.9 Å². The first-order chi connectivity index (χ1) is 13.6. The van der Waals surface area contributed by atoms with Crippen LogP contribution in [-0.2, 0) is 25.5 Å². The van der Waals surface area contributed by atoms with Gasteiger partial charge in [0, 0.05) is 30.1 Å². The predicted molar refractivity (Wildman–Crippen MR) is 102 cm³/mol. The number of hydrogen-bond acceptors (Lipinski definition) is 4. The molecule has 2 atom stereocenters. The van der Waals surface area contributed by atoms with E-state index in [1.807, 2.05) is 36.4 Å². The van der Waals surface area contributed by atoms with Gasteiger partial charge in [-0.05, 0) is 17.7 Å². The highest BCUT2D eigenvalue weighted by Gasteiger charge is 2.45. The van der Waals surface area contributed by atoms with Crippen molar-refractivity contribution in [1.82, 2.24) is 14.8 Å². The zero-order valence-corrected chi connectivity index (χ0v) is 15.6. The normalized spacial score (nSPS) is 26.2. The molecule has 0 radical (unpaired) electrons. The fourth-order valence-electron chi connectivity index (χ4n) is 4.32. The molecule has 0 spiro atoms. The van der Waals surface area contributed by atoms with Crippen molar-refractivity contribution < 1.29 is 19.1 Å². The van der Waals surface area contributed by atoms with Crippen LogP contribution in [0.5, 0.6) is 0 Å². The van der Waals surface area contributed by atoms with Gasteiger partial charge in [0.05, 0.1) is 12.6 Å². The molecular formula is C21H21N3O4. The third-order valence-corrected chi connectivity index (χ3v) is 5.64. The summed E-state index contributed by atoms with van der Waals surface area (Å²) in [5, 5.41) is 1.11. The van der Waals surface area contributed by atoms with E-state index in [0.717, 1.165) is 27.9 Å². The zero-order valence-electron chi connectivity index (χ0n) is 15.6. The molecule has 1 aromatic heterocycles. The van der Waals surface area contributed by atoms with Crippen molar-refractivity contribution >= 4 is 22.7 Å². The summed E-state index contributed by atoms with van der Waals surface area (Å²) < 4.78 is 10.5. The number of aromatic amines is 1. The number of fused-ring (bicyclic) bond motifs is 4. The van der Waals surface area contributed by atoms with E-state index < -0.39 is 6.04 Å². The molecule has 3 aliphatic rings. The minimum Gasteiger partial charge on any atom is -0.469 e. The largest absolute Gasteiger partial charge is 0.469 e. The van der Waals surface area contributed by atoms with Gasteiger partial charge in [-0.2, -0.15) is 0 Å². The van der Waals surface area contributed by atoms with Crippen molar-refractivity contribution in [3.8, 4) is 0 Å². The van der Waals surface area contributed by atoms with Crippen LogP contribution in [0.1, 0.15) is 17.3 Å². The molecule has 2 unspecified atom stereocenters. The van der Waals surface area contributed by atoms with Crippen molar-refractivity contribution in [3.05, 3.63) is 59.5 Å². The highest BCUT2D eigenvalue weighted by Crippen LogP contribution is 2.39. The molecule has 0 saturated carbocycles. The average Bonchev–Trinajstić information content (AvgIpc) is 3.33. The van der Waals surface area contributed by atoms with Gasteiger partial charge < -0.3 is 24.3 Å². The van der Waals surface area contributed by atoms with Crippen LogP contribution in [0.2, 0.25) is 0 Å². The van der Waals surface area contributed by atoms with E-state index in [4.69, 9.17) is 9.47 Å². The maximum absolute atomic E-state index is 12.9. The number of piperazine rings is 1. The number of ether oxygens (including phenoxy) is 2. The molecule has 2 amide bonds. The molecule has 4 heterocycles. The molecule has 1 N–H and O–H groups in total. The van der Waals surface area contributed by atoms with Crippen LogP contribution in [0.3, 0.4) is 0 Å². The lowest BCUT2D eigenvalue weighted by atomic mass is 9.89. The minimum absolute atomic E-state index is 0.0141. The number of amides is 2. The Morgan fingerprint density at radius 2 is 2.11 bits per heavy atom. The summed E-state index contributed by atoms with van der Waals surface area (Å²) in [5.41, 5.74) is 3.10. The summed E-state index contributed by atoms with van der Waals surface area (Å²) in [6.07, 6.45) is 6.20. The van der Waals surface area contributed by atoms with Crippen LogP contribution in [0.15, 0.2) is 48.3 Å². The summed E-state index contributed by atoms with van der Waals surface area (Å²) in [7, 11) is 1.69. The van der Waals surface area contributed by atoms with Gasteiger partial charge in [-0.3, -0.25) is 9.59 Å². The smallest absolute Gasteiger partial charge is 0.245 e. The molecule has 5 rings (SSSR count). The van der Waals surface area contributed by atoms with Crippen molar-refractivity contribution in [3.63, 3.8) is 0 Å². The lowest BCUT2D eigenvalue weighted by molar-refractivity contribution is -0.157. The molecule has 2 aromatic rings. The number of aromatic nitrogens is 1. The second-order valence-corrected chi connectivity index (χ2v) is 7.35. The Morgan fingerprint density at radius 1 is 1.25 bits per heavy atom. The Kier molecular flexibility index (Phi) is 3.98. The lowest BCUT2D eigenvalue weighted by Gasteiger charge is -2.45. The summed E-state index contributed by atoms with van der Waals surface area (Å²) in [6.45, 7) is 0.817. The van der Waals surface area contributed by atoms with E-state index in [1.165, 1.54) is 4.90 Å². The number of carbonyl (C=O) groups excluding carboxylic acids is 2. The van der Waals surface area contributed by atoms with Gasteiger partial charge in [-0.1, -0.05) is 30.4 Å². The van der Waals surface area contributed by atoms with Crippen molar-refractivity contribution in [1.29, 1.82) is 0 Å². The van der Waals surface area contributed by atoms with E-state index in [0.29, 0.717) is 13.0 Å². The van der Waals surface area contributed by atoms with Crippen molar-refractivity contribution in [2.45, 2.75) is 18.5 Å². The highest BCUT2D eigenvalue weighted by atomic mass is 16.7. The first-order valence-electron chi connectivity index (χ1n) is 9.37. The average molecular weight is 379 g/mol. The quantitative estimate of drug-likeness (QED) is 0.865. The van der Waals surface area contributed by atoms with E-state index in [9.17, 15) is 9.59 Å². The third kappa shape index (κ3) is 2.62. The SMILES string of the molecule is CN1CC(=O)N2C(Cc3c([nH]c4ccccc34)C2C=CC=C2COCO2)C1=O. The topological polar surface area (TPSA) is 74.9 Å². The number of nitrogens with zero attached hydrogens (tertiary/aromatic N) is 2. The fraction of sp³-hybridized carbons (Fsp3) is 0.333. The Bertz CT molecular complexity index is 1010. The maximum atomic E-state index is 12.9. The molecule has 3 aliphatic heterocycles. The molecule has 0 aliphatic carbocycles. The van der Waals surface area contributed by atoms with Crippen molar-refractivity contribution in [2.75, 3.05) is 27.0 Å². The Balaban J connectivity index is 1.61. The Labute approximate surface area is 162 Å². The molecule has 7 nitrogen and oxygen atoms in total. The first-order valence-corrected chi connectivity index (χ1v) is 9.37. The maximum Gasteiger partial charge on any atom is 0.245 e. The Hall–Kier alpha value is -3.06. The number of H-pyrrole nitrogens is 1.